The van der Waals surface area contributed by atoms with Gasteiger partial charge in [-0.1, -0.05) is 0 Å². The van der Waals surface area contributed by atoms with Crippen LogP contribution in [0.2, 0.25) is 0 Å². The van der Waals surface area contributed by atoms with Gasteiger partial charge in [0.15, 0.2) is 6.10 Å². The molecule has 0 spiro atoms. The largest absolute Gasteiger partial charge is 0.479 e. The lowest BCUT2D eigenvalue weighted by molar-refractivity contribution is -0.198. The van der Waals surface area contributed by atoms with Crippen LogP contribution >= 0.6 is 0 Å². The number of hydrogen-bond donors (Lipinski definition) is 2. The SMILES string of the molecule is COC(C(=O)O)C1(O)CN2CCC1CC2. The molecule has 86 valence electrons. The molecular formula is C10H17NO4. The van der Waals surface area contributed by atoms with Crippen LogP contribution in [-0.4, -0.2) is 59.5 Å². The number of rotatable bonds is 3. The third kappa shape index (κ3) is 1.64. The van der Waals surface area contributed by atoms with Gasteiger partial charge in [0.25, 0.3) is 0 Å². The van der Waals surface area contributed by atoms with Crippen LogP contribution in [0.4, 0.5) is 0 Å². The van der Waals surface area contributed by atoms with Gasteiger partial charge in [0, 0.05) is 13.7 Å². The van der Waals surface area contributed by atoms with Gasteiger partial charge in [0.2, 0.25) is 0 Å². The fourth-order valence-electron chi connectivity index (χ4n) is 2.89. The van der Waals surface area contributed by atoms with Crippen molar-refractivity contribution in [3.05, 3.63) is 0 Å². The van der Waals surface area contributed by atoms with E-state index in [0.29, 0.717) is 6.54 Å². The molecule has 3 aliphatic rings. The number of carboxylic acids is 1. The maximum Gasteiger partial charge on any atom is 0.335 e. The van der Waals surface area contributed by atoms with Gasteiger partial charge in [-0.05, 0) is 31.8 Å². The van der Waals surface area contributed by atoms with Crippen LogP contribution in [0, 0.1) is 5.92 Å². The third-order valence-electron chi connectivity index (χ3n) is 3.69. The van der Waals surface area contributed by atoms with Gasteiger partial charge in [0.05, 0.1) is 0 Å². The minimum absolute atomic E-state index is 0.0588. The summed E-state index contributed by atoms with van der Waals surface area (Å²) in [5.74, 6) is -1.02. The van der Waals surface area contributed by atoms with Crippen molar-refractivity contribution in [3.8, 4) is 0 Å². The highest BCUT2D eigenvalue weighted by Gasteiger charge is 2.53. The Morgan fingerprint density at radius 3 is 2.47 bits per heavy atom. The normalized spacial score (nSPS) is 41.5. The number of aliphatic hydroxyl groups is 1. The molecule has 5 nitrogen and oxygen atoms in total. The van der Waals surface area contributed by atoms with E-state index in [1.54, 1.807) is 0 Å². The molecule has 3 rings (SSSR count). The molecule has 3 aliphatic heterocycles. The molecule has 0 aliphatic carbocycles. The molecule has 0 aromatic rings. The van der Waals surface area contributed by atoms with Crippen molar-refractivity contribution in [1.29, 1.82) is 0 Å². The summed E-state index contributed by atoms with van der Waals surface area (Å²) in [7, 11) is 1.34. The second kappa shape index (κ2) is 3.73. The van der Waals surface area contributed by atoms with E-state index in [0.717, 1.165) is 25.9 Å². The standard InChI is InChI=1S/C10H17NO4/c1-15-8(9(12)13)10(14)6-11-4-2-7(10)3-5-11/h7-8,14H,2-6H2,1H3,(H,12,13). The molecule has 2 unspecified atom stereocenters. The number of aliphatic carboxylic acids is 1. The Bertz CT molecular complexity index is 262. The van der Waals surface area contributed by atoms with Gasteiger partial charge in [-0.3, -0.25) is 0 Å². The maximum absolute atomic E-state index is 11.0. The first-order valence-corrected chi connectivity index (χ1v) is 5.28. The number of hydrogen-bond acceptors (Lipinski definition) is 4. The summed E-state index contributed by atoms with van der Waals surface area (Å²) in [6.45, 7) is 2.34. The molecule has 3 heterocycles. The topological polar surface area (TPSA) is 70.0 Å². The van der Waals surface area contributed by atoms with Crippen molar-refractivity contribution in [2.45, 2.75) is 24.5 Å². The second-order valence-corrected chi connectivity index (χ2v) is 4.50. The van der Waals surface area contributed by atoms with Crippen LogP contribution in [0.15, 0.2) is 0 Å². The molecule has 0 aromatic carbocycles. The van der Waals surface area contributed by atoms with Crippen LogP contribution in [0.25, 0.3) is 0 Å². The maximum atomic E-state index is 11.0. The Balaban J connectivity index is 2.21. The summed E-state index contributed by atoms with van der Waals surface area (Å²) >= 11 is 0. The molecule has 2 bridgehead atoms. The lowest BCUT2D eigenvalue weighted by atomic mass is 9.72. The predicted octanol–water partition coefficient (Wildman–Crippen LogP) is -0.457. The van der Waals surface area contributed by atoms with E-state index in [1.807, 2.05) is 0 Å². The van der Waals surface area contributed by atoms with Gasteiger partial charge < -0.3 is 19.8 Å². The third-order valence-corrected chi connectivity index (χ3v) is 3.69. The summed E-state index contributed by atoms with van der Waals surface area (Å²) in [5, 5.41) is 19.5. The van der Waals surface area contributed by atoms with E-state index in [2.05, 4.69) is 4.90 Å². The average molecular weight is 215 g/mol. The van der Waals surface area contributed by atoms with Crippen LogP contribution in [0.3, 0.4) is 0 Å². The molecule has 3 saturated heterocycles. The Hall–Kier alpha value is -0.650. The van der Waals surface area contributed by atoms with Crippen molar-refractivity contribution in [1.82, 2.24) is 4.90 Å². The molecule has 0 radical (unpaired) electrons. The Kier molecular flexibility index (Phi) is 2.70. The molecule has 5 heteroatoms. The van der Waals surface area contributed by atoms with E-state index >= 15 is 0 Å². The Morgan fingerprint density at radius 2 is 2.13 bits per heavy atom. The Morgan fingerprint density at radius 1 is 1.53 bits per heavy atom. The smallest absolute Gasteiger partial charge is 0.335 e. The van der Waals surface area contributed by atoms with E-state index < -0.39 is 17.7 Å². The summed E-state index contributed by atoms with van der Waals surface area (Å²) in [4.78, 5) is 13.1. The molecule has 3 fully saturated rings. The van der Waals surface area contributed by atoms with Gasteiger partial charge in [-0.25, -0.2) is 4.79 Å². The monoisotopic (exact) mass is 215 g/mol. The summed E-state index contributed by atoms with van der Waals surface area (Å²) < 4.78 is 4.93. The molecule has 0 saturated carbocycles. The fourth-order valence-corrected chi connectivity index (χ4v) is 2.89. The van der Waals surface area contributed by atoms with Crippen molar-refractivity contribution in [3.63, 3.8) is 0 Å². The number of methoxy groups -OCH3 is 1. The lowest BCUT2D eigenvalue weighted by Crippen LogP contribution is -2.66. The van der Waals surface area contributed by atoms with Crippen LogP contribution < -0.4 is 0 Å². The van der Waals surface area contributed by atoms with Gasteiger partial charge in [-0.2, -0.15) is 0 Å². The highest BCUT2D eigenvalue weighted by atomic mass is 16.5. The molecular weight excluding hydrogens is 198 g/mol. The molecule has 0 aromatic heterocycles. The molecule has 15 heavy (non-hydrogen) atoms. The van der Waals surface area contributed by atoms with E-state index in [-0.39, 0.29) is 5.92 Å². The predicted molar refractivity (Wildman–Crippen MR) is 52.5 cm³/mol. The summed E-state index contributed by atoms with van der Waals surface area (Å²) in [6.07, 6.45) is 0.624. The number of carboxylic acid groups (broad SMARTS) is 1. The van der Waals surface area contributed by atoms with Crippen LogP contribution in [0.1, 0.15) is 12.8 Å². The first kappa shape index (κ1) is 10.9. The van der Waals surface area contributed by atoms with Crippen molar-refractivity contribution in [2.75, 3.05) is 26.7 Å². The highest BCUT2D eigenvalue weighted by molar-refractivity contribution is 5.74. The van der Waals surface area contributed by atoms with Crippen molar-refractivity contribution < 1.29 is 19.7 Å². The zero-order valence-corrected chi connectivity index (χ0v) is 8.85. The summed E-state index contributed by atoms with van der Waals surface area (Å²) in [6, 6.07) is 0. The molecule has 2 atom stereocenters. The van der Waals surface area contributed by atoms with Crippen molar-refractivity contribution in [2.24, 2.45) is 5.92 Å². The number of ether oxygens (including phenoxy) is 1. The second-order valence-electron chi connectivity index (χ2n) is 4.50. The zero-order chi connectivity index (χ0) is 11.1. The van der Waals surface area contributed by atoms with E-state index in [4.69, 9.17) is 9.84 Å². The van der Waals surface area contributed by atoms with Crippen LogP contribution in [-0.2, 0) is 9.53 Å². The number of piperidine rings is 3. The lowest BCUT2D eigenvalue weighted by Gasteiger charge is -2.51. The zero-order valence-electron chi connectivity index (χ0n) is 8.85. The van der Waals surface area contributed by atoms with Gasteiger partial charge in [0.1, 0.15) is 5.60 Å². The fraction of sp³-hybridized carbons (Fsp3) is 0.900. The first-order valence-electron chi connectivity index (χ1n) is 5.28. The van der Waals surface area contributed by atoms with Crippen LogP contribution in [0.5, 0.6) is 0 Å². The minimum Gasteiger partial charge on any atom is -0.479 e. The molecule has 0 amide bonds. The quantitative estimate of drug-likeness (QED) is 0.667. The Labute approximate surface area is 88.6 Å². The number of fused-ring (bicyclic) bond motifs is 3. The van der Waals surface area contributed by atoms with E-state index in [1.165, 1.54) is 7.11 Å². The first-order chi connectivity index (χ1) is 7.08. The van der Waals surface area contributed by atoms with Crippen molar-refractivity contribution >= 4 is 5.97 Å². The van der Waals surface area contributed by atoms with Gasteiger partial charge in [-0.15, -0.1) is 0 Å². The highest BCUT2D eigenvalue weighted by Crippen LogP contribution is 2.38. The van der Waals surface area contributed by atoms with Gasteiger partial charge >= 0.3 is 5.97 Å². The molecule has 2 N–H and O–H groups in total. The number of carbonyl (C=O) groups is 1. The van der Waals surface area contributed by atoms with E-state index in [9.17, 15) is 9.90 Å². The average Bonchev–Trinajstić information content (AvgIpc) is 2.18. The number of nitrogens with zero attached hydrogens (tertiary/aromatic N) is 1. The minimum atomic E-state index is -1.21. The summed E-state index contributed by atoms with van der Waals surface area (Å²) in [5.41, 5.74) is -1.21.